The molecule has 0 radical (unpaired) electrons. The molecule has 0 spiro atoms. The van der Waals surface area contributed by atoms with Crippen LogP contribution >= 0.6 is 15.9 Å². The molecule has 0 fully saturated rings. The zero-order valence-electron chi connectivity index (χ0n) is 16.6. The molecular weight excluding hydrogens is 438 g/mol. The van der Waals surface area contributed by atoms with E-state index in [1.807, 2.05) is 31.2 Å². The largest absolute Gasteiger partial charge is 0.493 e. The summed E-state index contributed by atoms with van der Waals surface area (Å²) in [5, 5.41) is 8.41. The summed E-state index contributed by atoms with van der Waals surface area (Å²) in [5.74, 6) is 0.719. The summed E-state index contributed by atoms with van der Waals surface area (Å²) in [7, 11) is 3.07. The van der Waals surface area contributed by atoms with Gasteiger partial charge in [-0.25, -0.2) is 4.79 Å². The Balaban J connectivity index is 2.03. The van der Waals surface area contributed by atoms with Crippen molar-refractivity contribution < 1.29 is 19.1 Å². The fraction of sp³-hybridized carbons (Fsp3) is 0.238. The minimum Gasteiger partial charge on any atom is -0.493 e. The standard InChI is InChI=1S/C21H22BrN3O4/c1-11-6-5-7-13(8-11)24-20(26)18-12(2)23-21(27)25-19(18)14-9-16(28-3)17(29-4)10-15(14)22/h5-10,19H,1-4H3,(H,24,26)(H2,23,25,27)/t19-/m0/s1. The fourth-order valence-corrected chi connectivity index (χ4v) is 3.79. The average Bonchev–Trinajstić information content (AvgIpc) is 2.66. The second kappa shape index (κ2) is 8.57. The van der Waals surface area contributed by atoms with Gasteiger partial charge in [0.25, 0.3) is 5.91 Å². The predicted octanol–water partition coefficient (Wildman–Crippen LogP) is 4.04. The molecule has 3 rings (SSSR count). The van der Waals surface area contributed by atoms with Gasteiger partial charge < -0.3 is 25.4 Å². The van der Waals surface area contributed by atoms with Gasteiger partial charge in [-0.15, -0.1) is 0 Å². The topological polar surface area (TPSA) is 88.7 Å². The van der Waals surface area contributed by atoms with E-state index >= 15 is 0 Å². The highest BCUT2D eigenvalue weighted by atomic mass is 79.9. The van der Waals surface area contributed by atoms with Crippen LogP contribution in [0.4, 0.5) is 10.5 Å². The minimum absolute atomic E-state index is 0.313. The Morgan fingerprint density at radius 1 is 1.10 bits per heavy atom. The van der Waals surface area contributed by atoms with Crippen molar-refractivity contribution in [2.24, 2.45) is 0 Å². The van der Waals surface area contributed by atoms with E-state index in [-0.39, 0.29) is 11.9 Å². The van der Waals surface area contributed by atoms with E-state index in [4.69, 9.17) is 9.47 Å². The Morgan fingerprint density at radius 3 is 2.45 bits per heavy atom. The van der Waals surface area contributed by atoms with Crippen LogP contribution < -0.4 is 25.4 Å². The van der Waals surface area contributed by atoms with E-state index < -0.39 is 6.04 Å². The first-order chi connectivity index (χ1) is 13.8. The van der Waals surface area contributed by atoms with Gasteiger partial charge in [0.05, 0.1) is 25.8 Å². The van der Waals surface area contributed by atoms with Crippen LogP contribution in [0.3, 0.4) is 0 Å². The molecule has 0 bridgehead atoms. The molecule has 0 aliphatic carbocycles. The number of carbonyl (C=O) groups is 2. The lowest BCUT2D eigenvalue weighted by atomic mass is 9.94. The molecule has 1 atom stereocenters. The molecule has 0 saturated heterocycles. The van der Waals surface area contributed by atoms with Crippen molar-refractivity contribution in [3.8, 4) is 11.5 Å². The van der Waals surface area contributed by atoms with Gasteiger partial charge in [-0.3, -0.25) is 4.79 Å². The van der Waals surface area contributed by atoms with Crippen molar-refractivity contribution in [2.75, 3.05) is 19.5 Å². The number of rotatable bonds is 5. The summed E-state index contributed by atoms with van der Waals surface area (Å²) in [6.45, 7) is 3.65. The smallest absolute Gasteiger partial charge is 0.319 e. The van der Waals surface area contributed by atoms with Crippen LogP contribution in [-0.4, -0.2) is 26.2 Å². The minimum atomic E-state index is -0.678. The number of anilines is 1. The third-order valence-corrected chi connectivity index (χ3v) is 5.29. The molecular formula is C21H22BrN3O4. The number of hydrogen-bond acceptors (Lipinski definition) is 4. The van der Waals surface area contributed by atoms with Crippen LogP contribution in [0.2, 0.25) is 0 Å². The summed E-state index contributed by atoms with van der Waals surface area (Å²) in [6.07, 6.45) is 0. The zero-order valence-corrected chi connectivity index (χ0v) is 18.1. The van der Waals surface area contributed by atoms with Crippen molar-refractivity contribution >= 4 is 33.6 Å². The van der Waals surface area contributed by atoms with Gasteiger partial charge in [0, 0.05) is 15.9 Å². The molecule has 0 unspecified atom stereocenters. The summed E-state index contributed by atoms with van der Waals surface area (Å²) in [4.78, 5) is 25.3. The highest BCUT2D eigenvalue weighted by Crippen LogP contribution is 2.39. The molecule has 1 aliphatic rings. The van der Waals surface area contributed by atoms with Crippen LogP contribution in [0.25, 0.3) is 0 Å². The van der Waals surface area contributed by atoms with E-state index in [0.29, 0.717) is 38.5 Å². The van der Waals surface area contributed by atoms with Gasteiger partial charge in [-0.1, -0.05) is 28.1 Å². The molecule has 1 aliphatic heterocycles. The molecule has 8 heteroatoms. The quantitative estimate of drug-likeness (QED) is 0.629. The number of allylic oxidation sites excluding steroid dienone is 1. The number of carbonyl (C=O) groups excluding carboxylic acids is 2. The number of benzene rings is 2. The average molecular weight is 460 g/mol. The highest BCUT2D eigenvalue weighted by molar-refractivity contribution is 9.10. The maximum Gasteiger partial charge on any atom is 0.319 e. The Hall–Kier alpha value is -3.00. The van der Waals surface area contributed by atoms with Gasteiger partial charge in [0.1, 0.15) is 0 Å². The molecule has 0 saturated carbocycles. The molecule has 2 aromatic rings. The van der Waals surface area contributed by atoms with Gasteiger partial charge in [0.15, 0.2) is 11.5 Å². The summed E-state index contributed by atoms with van der Waals surface area (Å²) in [6, 6.07) is 9.94. The van der Waals surface area contributed by atoms with Crippen LogP contribution in [-0.2, 0) is 4.79 Å². The number of ether oxygens (including phenoxy) is 2. The van der Waals surface area contributed by atoms with Crippen molar-refractivity contribution in [1.29, 1.82) is 0 Å². The molecule has 152 valence electrons. The maximum atomic E-state index is 13.1. The molecule has 0 aromatic heterocycles. The number of methoxy groups -OCH3 is 2. The number of urea groups is 1. The number of nitrogens with one attached hydrogen (secondary N) is 3. The van der Waals surface area contributed by atoms with E-state index in [1.54, 1.807) is 26.2 Å². The molecule has 3 amide bonds. The summed E-state index contributed by atoms with van der Waals surface area (Å²) < 4.78 is 11.4. The Bertz CT molecular complexity index is 1000. The number of amides is 3. The molecule has 7 nitrogen and oxygen atoms in total. The second-order valence-corrected chi connectivity index (χ2v) is 7.48. The van der Waals surface area contributed by atoms with Crippen molar-refractivity contribution in [3.63, 3.8) is 0 Å². The van der Waals surface area contributed by atoms with Crippen molar-refractivity contribution in [3.05, 3.63) is 63.3 Å². The van der Waals surface area contributed by atoms with E-state index in [9.17, 15) is 9.59 Å². The maximum absolute atomic E-state index is 13.1. The third kappa shape index (κ3) is 4.37. The Kier molecular flexibility index (Phi) is 6.12. The normalized spacial score (nSPS) is 16.0. The third-order valence-electron chi connectivity index (χ3n) is 4.60. The number of hydrogen-bond donors (Lipinski definition) is 3. The lowest BCUT2D eigenvalue weighted by molar-refractivity contribution is -0.113. The van der Waals surface area contributed by atoms with Crippen LogP contribution in [0, 0.1) is 6.92 Å². The van der Waals surface area contributed by atoms with Gasteiger partial charge >= 0.3 is 6.03 Å². The number of aryl methyl sites for hydroxylation is 1. The SMILES string of the molecule is COc1cc(Br)c([C@@H]2NC(=O)NC(C)=C2C(=O)Nc2cccc(C)c2)cc1OC. The summed E-state index contributed by atoms with van der Waals surface area (Å²) >= 11 is 3.52. The predicted molar refractivity (Wildman–Crippen MR) is 114 cm³/mol. The van der Waals surface area contributed by atoms with Crippen LogP contribution in [0.15, 0.2) is 52.1 Å². The molecule has 2 aromatic carbocycles. The monoisotopic (exact) mass is 459 g/mol. The van der Waals surface area contributed by atoms with Gasteiger partial charge in [-0.2, -0.15) is 0 Å². The van der Waals surface area contributed by atoms with E-state index in [2.05, 4.69) is 31.9 Å². The molecule has 29 heavy (non-hydrogen) atoms. The number of halogens is 1. The van der Waals surface area contributed by atoms with E-state index in [0.717, 1.165) is 5.56 Å². The van der Waals surface area contributed by atoms with Crippen LogP contribution in [0.1, 0.15) is 24.1 Å². The first-order valence-corrected chi connectivity index (χ1v) is 9.71. The molecule has 1 heterocycles. The first kappa shape index (κ1) is 20.7. The van der Waals surface area contributed by atoms with Crippen molar-refractivity contribution in [2.45, 2.75) is 19.9 Å². The van der Waals surface area contributed by atoms with Gasteiger partial charge in [-0.05, 0) is 49.2 Å². The van der Waals surface area contributed by atoms with Crippen molar-refractivity contribution in [1.82, 2.24) is 10.6 Å². The summed E-state index contributed by atoms with van der Waals surface area (Å²) in [5.41, 5.74) is 3.26. The lowest BCUT2D eigenvalue weighted by Gasteiger charge is -2.29. The van der Waals surface area contributed by atoms with E-state index in [1.165, 1.54) is 7.11 Å². The first-order valence-electron chi connectivity index (χ1n) is 8.91. The molecule has 3 N–H and O–H groups in total. The second-order valence-electron chi connectivity index (χ2n) is 6.62. The fourth-order valence-electron chi connectivity index (χ4n) is 3.24. The zero-order chi connectivity index (χ0) is 21.1. The van der Waals surface area contributed by atoms with Gasteiger partial charge in [0.2, 0.25) is 0 Å². The Morgan fingerprint density at radius 2 is 1.79 bits per heavy atom. The Labute approximate surface area is 177 Å². The van der Waals surface area contributed by atoms with Crippen LogP contribution in [0.5, 0.6) is 11.5 Å². The highest BCUT2D eigenvalue weighted by Gasteiger charge is 2.33. The lowest BCUT2D eigenvalue weighted by Crippen LogP contribution is -2.46.